The van der Waals surface area contributed by atoms with E-state index in [0.29, 0.717) is 20.5 Å². The van der Waals surface area contributed by atoms with Crippen molar-refractivity contribution in [3.63, 3.8) is 0 Å². The first-order chi connectivity index (χ1) is 12.8. The molecule has 0 radical (unpaired) electrons. The molecule has 1 aliphatic rings. The van der Waals surface area contributed by atoms with E-state index in [2.05, 4.69) is 0 Å². The van der Waals surface area contributed by atoms with Crippen molar-refractivity contribution >= 4 is 63.3 Å². The lowest BCUT2D eigenvalue weighted by Gasteiger charge is -2.14. The van der Waals surface area contributed by atoms with Gasteiger partial charge in [-0.3, -0.25) is 19.8 Å². The summed E-state index contributed by atoms with van der Waals surface area (Å²) in [5.41, 5.74) is 1.09. The molecule has 1 fully saturated rings. The third kappa shape index (κ3) is 4.41. The fourth-order valence-electron chi connectivity index (χ4n) is 2.30. The lowest BCUT2D eigenvalue weighted by atomic mass is 10.2. The lowest BCUT2D eigenvalue weighted by Crippen LogP contribution is -2.27. The van der Waals surface area contributed by atoms with Crippen molar-refractivity contribution < 1.29 is 14.1 Å². The molecule has 2 aromatic rings. The lowest BCUT2D eigenvalue weighted by molar-refractivity contribution is -0.384. The zero-order valence-corrected chi connectivity index (χ0v) is 15.9. The average Bonchev–Trinajstić information content (AvgIpc) is 2.90. The largest absolute Gasteiger partial charge is 0.270 e. The Labute approximate surface area is 168 Å². The van der Waals surface area contributed by atoms with Crippen LogP contribution in [0.15, 0.2) is 64.5 Å². The van der Waals surface area contributed by atoms with E-state index < -0.39 is 10.7 Å². The third-order valence-electron chi connectivity index (χ3n) is 3.56. The van der Waals surface area contributed by atoms with Crippen LogP contribution < -0.4 is 4.90 Å². The summed E-state index contributed by atoms with van der Waals surface area (Å²) in [5, 5.41) is 10.9. The van der Waals surface area contributed by atoms with Gasteiger partial charge < -0.3 is 0 Å². The van der Waals surface area contributed by atoms with Crippen molar-refractivity contribution in [2.45, 2.75) is 0 Å². The molecule has 0 spiro atoms. The van der Waals surface area contributed by atoms with E-state index in [1.165, 1.54) is 47.4 Å². The summed E-state index contributed by atoms with van der Waals surface area (Å²) >= 11 is 12.5. The van der Waals surface area contributed by atoms with E-state index in [1.54, 1.807) is 18.2 Å². The summed E-state index contributed by atoms with van der Waals surface area (Å²) in [5.74, 6) is -0.763. The van der Waals surface area contributed by atoms with Crippen LogP contribution in [0.3, 0.4) is 0 Å². The summed E-state index contributed by atoms with van der Waals surface area (Å²) in [4.78, 5) is 24.4. The van der Waals surface area contributed by atoms with Gasteiger partial charge in [-0.2, -0.15) is 0 Å². The molecule has 0 saturated carbocycles. The third-order valence-corrected chi connectivity index (χ3v) is 5.08. The van der Waals surface area contributed by atoms with Gasteiger partial charge in [0.2, 0.25) is 0 Å². The van der Waals surface area contributed by atoms with Gasteiger partial charge >= 0.3 is 0 Å². The summed E-state index contributed by atoms with van der Waals surface area (Å²) in [6, 6.07) is 11.3. The smallest absolute Gasteiger partial charge is 0.268 e. The highest BCUT2D eigenvalue weighted by Crippen LogP contribution is 2.36. The molecular formula is C18H10ClFN2O3S2. The number of non-ortho nitro benzene ring substituents is 1. The fraction of sp³-hybridized carbons (Fsp3) is 0. The first-order valence-electron chi connectivity index (χ1n) is 7.50. The quantitative estimate of drug-likeness (QED) is 0.292. The van der Waals surface area contributed by atoms with Crippen LogP contribution >= 0.6 is 35.6 Å². The van der Waals surface area contributed by atoms with Gasteiger partial charge in [-0.1, -0.05) is 35.6 Å². The Balaban J connectivity index is 1.82. The number of halogens is 2. The van der Waals surface area contributed by atoms with Crippen LogP contribution in [0, 0.1) is 15.9 Å². The molecule has 0 aromatic heterocycles. The second-order valence-electron chi connectivity index (χ2n) is 5.37. The van der Waals surface area contributed by atoms with E-state index >= 15 is 0 Å². The number of nitro benzene ring substituents is 1. The number of nitro groups is 1. The first-order valence-corrected chi connectivity index (χ1v) is 9.10. The molecule has 0 aliphatic carbocycles. The van der Waals surface area contributed by atoms with E-state index in [4.69, 9.17) is 23.8 Å². The number of thiocarbonyl (C=S) groups is 1. The summed E-state index contributed by atoms with van der Waals surface area (Å²) in [6.07, 6.45) is 3.06. The maximum absolute atomic E-state index is 13.1. The zero-order chi connectivity index (χ0) is 19.6. The Morgan fingerprint density at radius 2 is 1.81 bits per heavy atom. The zero-order valence-electron chi connectivity index (χ0n) is 13.5. The van der Waals surface area contributed by atoms with Gasteiger partial charge in [0.05, 0.1) is 15.5 Å². The Morgan fingerprint density at radius 1 is 1.19 bits per heavy atom. The number of carbonyl (C=O) groups is 1. The number of anilines is 1. The molecular weight excluding hydrogens is 411 g/mol. The molecule has 1 amide bonds. The maximum atomic E-state index is 13.1. The topological polar surface area (TPSA) is 63.4 Å². The molecule has 1 aliphatic heterocycles. The van der Waals surface area contributed by atoms with Gasteiger partial charge in [0, 0.05) is 17.2 Å². The average molecular weight is 421 g/mol. The van der Waals surface area contributed by atoms with Crippen LogP contribution in [0.1, 0.15) is 5.56 Å². The van der Waals surface area contributed by atoms with Crippen LogP contribution in [0.2, 0.25) is 0 Å². The molecule has 0 unspecified atom stereocenters. The molecule has 0 bridgehead atoms. The number of thioether (sulfide) groups is 1. The number of hydrogen-bond acceptors (Lipinski definition) is 5. The van der Waals surface area contributed by atoms with Crippen LogP contribution in [-0.2, 0) is 4.79 Å². The van der Waals surface area contributed by atoms with Gasteiger partial charge in [0.25, 0.3) is 11.6 Å². The van der Waals surface area contributed by atoms with Crippen LogP contribution in [-0.4, -0.2) is 15.2 Å². The number of carbonyl (C=O) groups excluding carboxylic acids is 1. The summed E-state index contributed by atoms with van der Waals surface area (Å²) < 4.78 is 13.4. The molecule has 9 heteroatoms. The maximum Gasteiger partial charge on any atom is 0.270 e. The normalized spacial score (nSPS) is 16.3. The number of amides is 1. The van der Waals surface area contributed by atoms with Crippen molar-refractivity contribution in [1.82, 2.24) is 0 Å². The number of rotatable bonds is 4. The molecule has 3 rings (SSSR count). The van der Waals surface area contributed by atoms with Gasteiger partial charge in [0.15, 0.2) is 4.32 Å². The minimum absolute atomic E-state index is 0.0246. The minimum atomic E-state index is -0.490. The van der Waals surface area contributed by atoms with Crippen LogP contribution in [0.4, 0.5) is 15.8 Å². The Morgan fingerprint density at radius 3 is 2.41 bits per heavy atom. The van der Waals surface area contributed by atoms with E-state index in [0.717, 1.165) is 11.8 Å². The second kappa shape index (κ2) is 7.99. The fourth-order valence-corrected chi connectivity index (χ4v) is 3.89. The van der Waals surface area contributed by atoms with E-state index in [1.807, 2.05) is 0 Å². The highest BCUT2D eigenvalue weighted by Gasteiger charge is 2.33. The monoisotopic (exact) mass is 420 g/mol. The van der Waals surface area contributed by atoms with Crippen molar-refractivity contribution in [3.05, 3.63) is 86.0 Å². The SMILES string of the molecule is O=C1/C(=C/C(Cl)=C/c2ccc([N+](=O)[O-])cc2)SC(=S)N1c1ccc(F)cc1. The predicted octanol–water partition coefficient (Wildman–Crippen LogP) is 5.26. The van der Waals surface area contributed by atoms with Crippen molar-refractivity contribution in [2.24, 2.45) is 0 Å². The van der Waals surface area contributed by atoms with Crippen LogP contribution in [0.5, 0.6) is 0 Å². The van der Waals surface area contributed by atoms with Crippen molar-refractivity contribution in [3.8, 4) is 0 Å². The molecule has 1 heterocycles. The minimum Gasteiger partial charge on any atom is -0.268 e. The van der Waals surface area contributed by atoms with E-state index in [9.17, 15) is 19.3 Å². The molecule has 136 valence electrons. The number of nitrogens with zero attached hydrogens (tertiary/aromatic N) is 2. The summed E-state index contributed by atoms with van der Waals surface area (Å²) in [7, 11) is 0. The van der Waals surface area contributed by atoms with Gasteiger partial charge in [-0.25, -0.2) is 4.39 Å². The molecule has 2 aromatic carbocycles. The summed E-state index contributed by atoms with van der Waals surface area (Å²) in [6.45, 7) is 0. The number of allylic oxidation sites excluding steroid dienone is 2. The number of hydrogen-bond donors (Lipinski definition) is 0. The van der Waals surface area contributed by atoms with Crippen LogP contribution in [0.25, 0.3) is 6.08 Å². The molecule has 0 atom stereocenters. The highest BCUT2D eigenvalue weighted by molar-refractivity contribution is 8.27. The van der Waals surface area contributed by atoms with Crippen molar-refractivity contribution in [1.29, 1.82) is 0 Å². The molecule has 27 heavy (non-hydrogen) atoms. The Kier molecular flexibility index (Phi) is 5.69. The molecule has 0 N–H and O–H groups in total. The van der Waals surface area contributed by atoms with E-state index in [-0.39, 0.29) is 16.6 Å². The van der Waals surface area contributed by atoms with Crippen molar-refractivity contribution in [2.75, 3.05) is 4.90 Å². The first kappa shape index (κ1) is 19.2. The Bertz CT molecular complexity index is 989. The molecule has 5 nitrogen and oxygen atoms in total. The second-order valence-corrected chi connectivity index (χ2v) is 7.48. The standard InChI is InChI=1S/C18H10ClFN2O3S2/c19-12(9-11-1-5-15(6-2-11)22(24)25)10-16-17(23)21(18(26)27-16)14-7-3-13(20)4-8-14/h1-10H/b12-9-,16-10-. The molecule has 1 saturated heterocycles. The van der Waals surface area contributed by atoms with Gasteiger partial charge in [-0.15, -0.1) is 0 Å². The van der Waals surface area contributed by atoms with Gasteiger partial charge in [-0.05, 0) is 54.1 Å². The van der Waals surface area contributed by atoms with Gasteiger partial charge in [0.1, 0.15) is 5.82 Å². The Hall–Kier alpha value is -2.55. The highest BCUT2D eigenvalue weighted by atomic mass is 35.5. The predicted molar refractivity (Wildman–Crippen MR) is 109 cm³/mol. The number of benzene rings is 2.